The van der Waals surface area contributed by atoms with E-state index in [-0.39, 0.29) is 34.8 Å². The first kappa shape index (κ1) is 37.6. The molecular formula is C36H52F2N4O3. The number of rotatable bonds is 12. The Hall–Kier alpha value is -3.59. The summed E-state index contributed by atoms with van der Waals surface area (Å²) in [5.41, 5.74) is -0.123. The number of pyridine rings is 1. The number of halogens is 2. The van der Waals surface area contributed by atoms with Crippen LogP contribution in [0.3, 0.4) is 0 Å². The van der Waals surface area contributed by atoms with E-state index < -0.39 is 28.6 Å². The first-order valence-electron chi connectivity index (χ1n) is 15.8. The monoisotopic (exact) mass is 626 g/mol. The highest BCUT2D eigenvalue weighted by molar-refractivity contribution is 5.98. The molecular weight excluding hydrogens is 574 g/mol. The highest BCUT2D eigenvalue weighted by Gasteiger charge is 2.34. The molecule has 248 valence electrons. The lowest BCUT2D eigenvalue weighted by Gasteiger charge is -2.34. The van der Waals surface area contributed by atoms with Gasteiger partial charge in [-0.25, -0.2) is 8.78 Å². The molecule has 45 heavy (non-hydrogen) atoms. The van der Waals surface area contributed by atoms with Crippen LogP contribution in [-0.2, 0) is 19.9 Å². The second-order valence-electron chi connectivity index (χ2n) is 12.8. The molecule has 0 atom stereocenters. The minimum Gasteiger partial charge on any atom is -0.388 e. The van der Waals surface area contributed by atoms with E-state index in [2.05, 4.69) is 41.4 Å². The van der Waals surface area contributed by atoms with Crippen LogP contribution in [0.25, 0.3) is 5.70 Å². The van der Waals surface area contributed by atoms with Gasteiger partial charge in [0.1, 0.15) is 11.6 Å². The Morgan fingerprint density at radius 1 is 1.11 bits per heavy atom. The molecule has 0 spiro atoms. The number of amides is 2. The fourth-order valence-corrected chi connectivity index (χ4v) is 5.35. The average molecular weight is 627 g/mol. The molecule has 1 aliphatic rings. The summed E-state index contributed by atoms with van der Waals surface area (Å²) >= 11 is 0. The Morgan fingerprint density at radius 3 is 2.27 bits per heavy atom. The smallest absolute Gasteiger partial charge is 0.251 e. The van der Waals surface area contributed by atoms with Crippen molar-refractivity contribution in [3.05, 3.63) is 83.7 Å². The van der Waals surface area contributed by atoms with Crippen LogP contribution in [0.2, 0.25) is 0 Å². The molecule has 2 amide bonds. The van der Waals surface area contributed by atoms with Crippen molar-refractivity contribution in [3.63, 3.8) is 0 Å². The molecule has 1 fully saturated rings. The summed E-state index contributed by atoms with van der Waals surface area (Å²) in [5, 5.41) is 8.77. The van der Waals surface area contributed by atoms with Crippen LogP contribution < -0.4 is 16.0 Å². The van der Waals surface area contributed by atoms with Crippen molar-refractivity contribution < 1.29 is 23.1 Å². The van der Waals surface area contributed by atoms with E-state index in [4.69, 9.17) is 4.74 Å². The van der Waals surface area contributed by atoms with Crippen LogP contribution in [0.15, 0.2) is 60.8 Å². The average Bonchev–Trinajstić information content (AvgIpc) is 3.01. The Bertz CT molecular complexity index is 1310. The minimum atomic E-state index is -0.806. The largest absolute Gasteiger partial charge is 0.388 e. The molecule has 0 radical (unpaired) electrons. The van der Waals surface area contributed by atoms with Gasteiger partial charge in [-0.15, -0.1) is 0 Å². The molecule has 3 N–H and O–H groups in total. The van der Waals surface area contributed by atoms with E-state index in [0.717, 1.165) is 23.7 Å². The van der Waals surface area contributed by atoms with Gasteiger partial charge in [0.25, 0.3) is 5.91 Å². The van der Waals surface area contributed by atoms with Crippen LogP contribution >= 0.6 is 0 Å². The van der Waals surface area contributed by atoms with Gasteiger partial charge in [-0.3, -0.25) is 14.6 Å². The summed E-state index contributed by atoms with van der Waals surface area (Å²) in [7, 11) is 3.39. The number of aromatic nitrogens is 1. The van der Waals surface area contributed by atoms with Gasteiger partial charge in [0.2, 0.25) is 5.91 Å². The topological polar surface area (TPSA) is 92.4 Å². The first-order valence-corrected chi connectivity index (χ1v) is 15.8. The quantitative estimate of drug-likeness (QED) is 0.171. The number of benzene rings is 1. The van der Waals surface area contributed by atoms with Gasteiger partial charge in [-0.2, -0.15) is 0 Å². The van der Waals surface area contributed by atoms with Gasteiger partial charge in [-0.05, 0) is 95.6 Å². The third kappa shape index (κ3) is 11.1. The predicted molar refractivity (Wildman–Crippen MR) is 177 cm³/mol. The molecule has 1 aromatic heterocycles. The molecule has 1 aliphatic carbocycles. The van der Waals surface area contributed by atoms with Gasteiger partial charge in [0, 0.05) is 55.2 Å². The number of methoxy groups -OCH3 is 1. The highest BCUT2D eigenvalue weighted by Crippen LogP contribution is 2.33. The Labute approximate surface area is 268 Å². The van der Waals surface area contributed by atoms with Crippen molar-refractivity contribution >= 4 is 17.5 Å². The van der Waals surface area contributed by atoms with Crippen LogP contribution in [-0.4, -0.2) is 42.1 Å². The second-order valence-corrected chi connectivity index (χ2v) is 12.8. The Morgan fingerprint density at radius 2 is 1.76 bits per heavy atom. The van der Waals surface area contributed by atoms with Gasteiger partial charge >= 0.3 is 0 Å². The van der Waals surface area contributed by atoms with E-state index in [1.54, 1.807) is 19.3 Å². The van der Waals surface area contributed by atoms with Crippen molar-refractivity contribution in [1.29, 1.82) is 0 Å². The Balaban J connectivity index is 0.000000596. The zero-order valence-electron chi connectivity index (χ0n) is 28.3. The fraction of sp³-hybridized carbons (Fsp3) is 0.528. The summed E-state index contributed by atoms with van der Waals surface area (Å²) < 4.78 is 32.9. The lowest BCUT2D eigenvalue weighted by molar-refractivity contribution is -0.125. The molecule has 0 saturated heterocycles. The maximum atomic E-state index is 14.2. The molecule has 0 bridgehead atoms. The minimum absolute atomic E-state index is 0.0600. The number of nitrogens with one attached hydrogen (secondary N) is 3. The standard InChI is InChI=1S/C27H34F2N4O2.C9H18O/c1-7-27(8-2,17-24(34)32-26(4,5)23-11-9-10-14-31-23)33-25(35)18(3)15-22(30-6)20-13-12-19(28)16-21(20)29;1-8-4-6-9(2,10-3)7-5-8/h9-16,30H,3,7-8,17H2,1-2,4-6H3,(H,32,34)(H,33,35);8H,4-7H2,1-3H3/b22-15-;. The van der Waals surface area contributed by atoms with Crippen LogP contribution in [0.4, 0.5) is 8.78 Å². The van der Waals surface area contributed by atoms with Gasteiger partial charge in [0.05, 0.1) is 16.8 Å². The molecule has 0 unspecified atom stereocenters. The van der Waals surface area contributed by atoms with Crippen molar-refractivity contribution in [3.8, 4) is 0 Å². The van der Waals surface area contributed by atoms with Crippen LogP contribution in [0, 0.1) is 17.6 Å². The van der Waals surface area contributed by atoms with Crippen LogP contribution in [0.1, 0.15) is 97.7 Å². The molecule has 2 aromatic rings. The zero-order valence-corrected chi connectivity index (χ0v) is 28.3. The van der Waals surface area contributed by atoms with E-state index >= 15 is 0 Å². The normalized spacial score (nSPS) is 18.7. The summed E-state index contributed by atoms with van der Waals surface area (Å²) in [6.45, 7) is 15.9. The lowest BCUT2D eigenvalue weighted by Crippen LogP contribution is -2.52. The number of nitrogens with zero attached hydrogens (tertiary/aromatic N) is 1. The summed E-state index contributed by atoms with van der Waals surface area (Å²) in [6, 6.07) is 8.70. The maximum absolute atomic E-state index is 14.2. The third-order valence-corrected chi connectivity index (χ3v) is 8.91. The third-order valence-electron chi connectivity index (χ3n) is 8.91. The van der Waals surface area contributed by atoms with E-state index in [0.29, 0.717) is 12.8 Å². The summed E-state index contributed by atoms with van der Waals surface area (Å²) in [4.78, 5) is 30.3. The van der Waals surface area contributed by atoms with Crippen molar-refractivity contribution in [2.75, 3.05) is 14.2 Å². The molecule has 1 aromatic carbocycles. The van der Waals surface area contributed by atoms with E-state index in [9.17, 15) is 18.4 Å². The number of hydrogen-bond donors (Lipinski definition) is 3. The number of hydrogen-bond acceptors (Lipinski definition) is 5. The SMILES string of the molecule is C=C(/C=C(\NC)c1ccc(F)cc1F)C(=O)NC(CC)(CC)CC(=O)NC(C)(C)c1ccccn1.COC1(C)CCC(C)CC1. The zero-order chi connectivity index (χ0) is 33.8. The number of carbonyl (C=O) groups is 2. The predicted octanol–water partition coefficient (Wildman–Crippen LogP) is 7.19. The molecule has 0 aliphatic heterocycles. The Kier molecular flexibility index (Phi) is 13.9. The summed E-state index contributed by atoms with van der Waals surface area (Å²) in [6.07, 6.45) is 9.30. The van der Waals surface area contributed by atoms with Crippen LogP contribution in [0.5, 0.6) is 0 Å². The molecule has 9 heteroatoms. The van der Waals surface area contributed by atoms with E-state index in [1.807, 2.05) is 46.9 Å². The van der Waals surface area contributed by atoms with Gasteiger partial charge in [0.15, 0.2) is 0 Å². The van der Waals surface area contributed by atoms with Gasteiger partial charge in [-0.1, -0.05) is 33.4 Å². The maximum Gasteiger partial charge on any atom is 0.251 e. The number of carbonyl (C=O) groups excluding carboxylic acids is 2. The summed E-state index contributed by atoms with van der Waals surface area (Å²) in [5.74, 6) is -1.25. The lowest BCUT2D eigenvalue weighted by atomic mass is 9.81. The molecule has 1 heterocycles. The van der Waals surface area contributed by atoms with E-state index in [1.165, 1.54) is 37.8 Å². The molecule has 3 rings (SSSR count). The van der Waals surface area contributed by atoms with Crippen molar-refractivity contribution in [1.82, 2.24) is 20.9 Å². The second kappa shape index (κ2) is 16.6. The number of ether oxygens (including phenoxy) is 1. The molecule has 7 nitrogen and oxygen atoms in total. The van der Waals surface area contributed by atoms with Gasteiger partial charge < -0.3 is 20.7 Å². The van der Waals surface area contributed by atoms with Crippen molar-refractivity contribution in [2.24, 2.45) is 5.92 Å². The highest BCUT2D eigenvalue weighted by atomic mass is 19.1. The molecule has 1 saturated carbocycles. The first-order chi connectivity index (χ1) is 21.1. The van der Waals surface area contributed by atoms with Crippen molar-refractivity contribution in [2.45, 2.75) is 103 Å². The fourth-order valence-electron chi connectivity index (χ4n) is 5.35.